The summed E-state index contributed by atoms with van der Waals surface area (Å²) >= 11 is 11.8. The van der Waals surface area contributed by atoms with Gasteiger partial charge in [-0.25, -0.2) is 4.39 Å². The zero-order chi connectivity index (χ0) is 15.1. The van der Waals surface area contributed by atoms with E-state index in [0.717, 1.165) is 38.2 Å². The molecule has 0 aliphatic heterocycles. The van der Waals surface area contributed by atoms with Crippen LogP contribution in [0.2, 0.25) is 10.0 Å². The van der Waals surface area contributed by atoms with E-state index in [4.69, 9.17) is 23.2 Å². The molecule has 1 unspecified atom stereocenters. The Bertz CT molecular complexity index is 423. The van der Waals surface area contributed by atoms with E-state index in [2.05, 4.69) is 24.1 Å². The summed E-state index contributed by atoms with van der Waals surface area (Å²) in [5.41, 5.74) is 0.747. The minimum absolute atomic E-state index is 0.00553. The molecule has 5 heteroatoms. The van der Waals surface area contributed by atoms with Crippen LogP contribution in [0.1, 0.15) is 38.8 Å². The van der Waals surface area contributed by atoms with Crippen LogP contribution in [0.15, 0.2) is 12.1 Å². The summed E-state index contributed by atoms with van der Waals surface area (Å²) in [7, 11) is 0. The van der Waals surface area contributed by atoms with Crippen molar-refractivity contribution >= 4 is 23.2 Å². The molecule has 0 saturated carbocycles. The van der Waals surface area contributed by atoms with Crippen LogP contribution in [0.5, 0.6) is 0 Å². The fourth-order valence-electron chi connectivity index (χ4n) is 2.14. The first-order valence-corrected chi connectivity index (χ1v) is 7.85. The molecule has 0 fully saturated rings. The van der Waals surface area contributed by atoms with Crippen LogP contribution < -0.4 is 5.32 Å². The maximum absolute atomic E-state index is 13.5. The van der Waals surface area contributed by atoms with Crippen LogP contribution in [-0.2, 0) is 0 Å². The fraction of sp³-hybridized carbons (Fsp3) is 0.600. The summed E-state index contributed by atoms with van der Waals surface area (Å²) in [4.78, 5) is 2.38. The maximum Gasteiger partial charge on any atom is 0.142 e. The molecule has 1 rings (SSSR count). The molecular weight excluding hydrogens is 298 g/mol. The highest BCUT2D eigenvalue weighted by Crippen LogP contribution is 2.28. The van der Waals surface area contributed by atoms with E-state index in [1.807, 2.05) is 6.92 Å². The van der Waals surface area contributed by atoms with Crippen LogP contribution in [0.4, 0.5) is 4.39 Å². The number of hydrogen-bond acceptors (Lipinski definition) is 2. The second-order valence-electron chi connectivity index (χ2n) is 4.84. The van der Waals surface area contributed by atoms with Gasteiger partial charge in [-0.05, 0) is 57.2 Å². The first kappa shape index (κ1) is 17.7. The predicted molar refractivity (Wildman–Crippen MR) is 85.2 cm³/mol. The quantitative estimate of drug-likeness (QED) is 0.559. The number of nitrogens with one attached hydrogen (secondary N) is 1. The zero-order valence-electron chi connectivity index (χ0n) is 12.3. The molecule has 0 spiro atoms. The lowest BCUT2D eigenvalue weighted by atomic mass is 10.1. The Morgan fingerprint density at radius 1 is 1.20 bits per heavy atom. The molecule has 2 nitrogen and oxygen atoms in total. The second-order valence-corrected chi connectivity index (χ2v) is 5.66. The number of rotatable bonds is 8. The van der Waals surface area contributed by atoms with Crippen LogP contribution in [0.25, 0.3) is 0 Å². The van der Waals surface area contributed by atoms with Gasteiger partial charge in [0.1, 0.15) is 5.82 Å². The lowest BCUT2D eigenvalue weighted by Gasteiger charge is -2.20. The first-order chi connectivity index (χ1) is 9.49. The number of benzene rings is 1. The molecule has 1 aromatic carbocycles. The summed E-state index contributed by atoms with van der Waals surface area (Å²) in [6, 6.07) is 2.88. The summed E-state index contributed by atoms with van der Waals surface area (Å²) in [5, 5.41) is 3.93. The first-order valence-electron chi connectivity index (χ1n) is 7.09. The highest BCUT2D eigenvalue weighted by atomic mass is 35.5. The molecular formula is C15H23Cl2FN2. The molecule has 0 saturated heterocycles. The highest BCUT2D eigenvalue weighted by molar-refractivity contribution is 6.35. The molecule has 0 heterocycles. The van der Waals surface area contributed by atoms with Gasteiger partial charge in [0.25, 0.3) is 0 Å². The second kappa shape index (κ2) is 8.83. The molecule has 1 aromatic rings. The molecule has 0 bridgehead atoms. The Balaban J connectivity index is 2.47. The Labute approximate surface area is 131 Å². The van der Waals surface area contributed by atoms with Crippen molar-refractivity contribution < 1.29 is 4.39 Å². The van der Waals surface area contributed by atoms with Crippen LogP contribution in [0, 0.1) is 5.82 Å². The van der Waals surface area contributed by atoms with Crippen LogP contribution in [0.3, 0.4) is 0 Å². The molecule has 0 amide bonds. The van der Waals surface area contributed by atoms with E-state index < -0.39 is 5.82 Å². The molecule has 0 aliphatic carbocycles. The molecule has 0 aromatic heterocycles. The lowest BCUT2D eigenvalue weighted by molar-refractivity contribution is 0.296. The van der Waals surface area contributed by atoms with E-state index in [-0.39, 0.29) is 11.1 Å². The predicted octanol–water partition coefficient (Wildman–Crippen LogP) is 4.52. The van der Waals surface area contributed by atoms with Crippen molar-refractivity contribution in [3.63, 3.8) is 0 Å². The van der Waals surface area contributed by atoms with Crippen LogP contribution >= 0.6 is 23.2 Å². The Kier molecular flexibility index (Phi) is 7.82. The van der Waals surface area contributed by atoms with Crippen molar-refractivity contribution in [1.29, 1.82) is 0 Å². The SMILES string of the molecule is CCN(CC)CCCNC(C)c1cc(F)c(Cl)cc1Cl. The van der Waals surface area contributed by atoms with Gasteiger partial charge in [0.2, 0.25) is 0 Å². The summed E-state index contributed by atoms with van der Waals surface area (Å²) in [5.74, 6) is -0.428. The largest absolute Gasteiger partial charge is 0.310 e. The fourth-order valence-corrected chi connectivity index (χ4v) is 2.69. The van der Waals surface area contributed by atoms with Crippen molar-refractivity contribution in [3.8, 4) is 0 Å². The minimum atomic E-state index is -0.428. The summed E-state index contributed by atoms with van der Waals surface area (Å²) in [6.07, 6.45) is 1.06. The van der Waals surface area contributed by atoms with Crippen molar-refractivity contribution in [1.82, 2.24) is 10.2 Å². The molecule has 114 valence electrons. The normalized spacial score (nSPS) is 12.9. The van der Waals surface area contributed by atoms with Crippen LogP contribution in [-0.4, -0.2) is 31.1 Å². The van der Waals surface area contributed by atoms with Crippen molar-refractivity contribution in [2.75, 3.05) is 26.2 Å². The van der Waals surface area contributed by atoms with Crippen molar-refractivity contribution in [2.45, 2.75) is 33.2 Å². The molecule has 1 N–H and O–H groups in total. The van der Waals surface area contributed by atoms with Gasteiger partial charge in [0.15, 0.2) is 0 Å². The zero-order valence-corrected chi connectivity index (χ0v) is 13.9. The highest BCUT2D eigenvalue weighted by Gasteiger charge is 2.13. The molecule has 1 atom stereocenters. The van der Waals surface area contributed by atoms with Gasteiger partial charge in [-0.2, -0.15) is 0 Å². The third kappa shape index (κ3) is 5.21. The third-order valence-electron chi connectivity index (χ3n) is 3.50. The third-order valence-corrected chi connectivity index (χ3v) is 4.12. The lowest BCUT2D eigenvalue weighted by Crippen LogP contribution is -2.28. The average molecular weight is 321 g/mol. The van der Waals surface area contributed by atoms with Crippen molar-refractivity contribution in [3.05, 3.63) is 33.6 Å². The van der Waals surface area contributed by atoms with E-state index >= 15 is 0 Å². The maximum atomic E-state index is 13.5. The standard InChI is InChI=1S/C15H23Cl2FN2/c1-4-20(5-2)8-6-7-19-11(3)12-9-15(18)14(17)10-13(12)16/h9-11,19H,4-8H2,1-3H3. The monoisotopic (exact) mass is 320 g/mol. The number of hydrogen-bond donors (Lipinski definition) is 1. The average Bonchev–Trinajstić information content (AvgIpc) is 2.42. The number of halogens is 3. The van der Waals surface area contributed by atoms with E-state index in [9.17, 15) is 4.39 Å². The van der Waals surface area contributed by atoms with Gasteiger partial charge in [0, 0.05) is 11.1 Å². The van der Waals surface area contributed by atoms with Gasteiger partial charge in [-0.3, -0.25) is 0 Å². The molecule has 20 heavy (non-hydrogen) atoms. The topological polar surface area (TPSA) is 15.3 Å². The Morgan fingerprint density at radius 3 is 2.45 bits per heavy atom. The van der Waals surface area contributed by atoms with Crippen molar-refractivity contribution in [2.24, 2.45) is 0 Å². The van der Waals surface area contributed by atoms with Gasteiger partial charge >= 0.3 is 0 Å². The Morgan fingerprint density at radius 2 is 1.85 bits per heavy atom. The molecule has 0 aliphatic rings. The van der Waals surface area contributed by atoms with Gasteiger partial charge in [-0.1, -0.05) is 37.0 Å². The molecule has 0 radical (unpaired) electrons. The summed E-state index contributed by atoms with van der Waals surface area (Å²) < 4.78 is 13.5. The van der Waals surface area contributed by atoms with Gasteiger partial charge < -0.3 is 10.2 Å². The van der Waals surface area contributed by atoms with E-state index in [1.54, 1.807) is 0 Å². The van der Waals surface area contributed by atoms with Gasteiger partial charge in [0.05, 0.1) is 5.02 Å². The smallest absolute Gasteiger partial charge is 0.142 e. The van der Waals surface area contributed by atoms with E-state index in [0.29, 0.717) is 5.02 Å². The summed E-state index contributed by atoms with van der Waals surface area (Å²) in [6.45, 7) is 10.4. The minimum Gasteiger partial charge on any atom is -0.310 e. The van der Waals surface area contributed by atoms with Gasteiger partial charge in [-0.15, -0.1) is 0 Å². The van der Waals surface area contributed by atoms with E-state index in [1.165, 1.54) is 12.1 Å². The number of nitrogens with zero attached hydrogens (tertiary/aromatic N) is 1. The Hall–Kier alpha value is -0.350.